The Morgan fingerprint density at radius 1 is 1.39 bits per heavy atom. The van der Waals surface area contributed by atoms with Gasteiger partial charge in [-0.25, -0.2) is 14.8 Å². The number of hydrogen-bond acceptors (Lipinski definition) is 4. The quantitative estimate of drug-likeness (QED) is 0.773. The standard InChI is InChI=1S/C10H8F3N3O2/c1-2-18-8(17)6-3-14-7-4-15-9(10(11,12)13)16(7)5-6/h3-5H,2H2,1H3. The predicted octanol–water partition coefficient (Wildman–Crippen LogP) is 1.92. The number of nitrogens with zero attached hydrogens (tertiary/aromatic N) is 3. The number of esters is 1. The van der Waals surface area contributed by atoms with E-state index in [1.807, 2.05) is 0 Å². The van der Waals surface area contributed by atoms with Crippen LogP contribution in [0.3, 0.4) is 0 Å². The first-order chi connectivity index (χ1) is 8.43. The lowest BCUT2D eigenvalue weighted by Crippen LogP contribution is -2.13. The van der Waals surface area contributed by atoms with E-state index in [4.69, 9.17) is 0 Å². The fraction of sp³-hybridized carbons (Fsp3) is 0.300. The Morgan fingerprint density at radius 3 is 2.72 bits per heavy atom. The van der Waals surface area contributed by atoms with Crippen molar-refractivity contribution in [1.82, 2.24) is 14.4 Å². The first-order valence-corrected chi connectivity index (χ1v) is 5.01. The summed E-state index contributed by atoms with van der Waals surface area (Å²) < 4.78 is 43.2. The van der Waals surface area contributed by atoms with Gasteiger partial charge in [0.15, 0.2) is 5.65 Å². The Balaban J connectivity index is 2.52. The molecular weight excluding hydrogens is 251 g/mol. The van der Waals surface area contributed by atoms with E-state index >= 15 is 0 Å². The molecule has 8 heteroatoms. The van der Waals surface area contributed by atoms with Crippen LogP contribution >= 0.6 is 0 Å². The molecular formula is C10H8F3N3O2. The van der Waals surface area contributed by atoms with E-state index in [0.29, 0.717) is 4.40 Å². The van der Waals surface area contributed by atoms with E-state index in [9.17, 15) is 18.0 Å². The molecule has 18 heavy (non-hydrogen) atoms. The van der Waals surface area contributed by atoms with Gasteiger partial charge in [0.05, 0.1) is 18.4 Å². The summed E-state index contributed by atoms with van der Waals surface area (Å²) in [5, 5.41) is 0. The van der Waals surface area contributed by atoms with Gasteiger partial charge in [-0.1, -0.05) is 0 Å². The number of aromatic nitrogens is 3. The molecule has 0 saturated carbocycles. The Bertz CT molecular complexity index is 592. The highest BCUT2D eigenvalue weighted by atomic mass is 19.4. The van der Waals surface area contributed by atoms with Crippen LogP contribution in [0, 0.1) is 0 Å². The summed E-state index contributed by atoms with van der Waals surface area (Å²) in [6.07, 6.45) is -1.47. The molecule has 0 aromatic carbocycles. The van der Waals surface area contributed by atoms with Gasteiger partial charge in [-0.2, -0.15) is 13.2 Å². The SMILES string of the molecule is CCOC(=O)c1cnc2cnc(C(F)(F)F)n2c1. The molecule has 0 amide bonds. The molecule has 5 nitrogen and oxygen atoms in total. The van der Waals surface area contributed by atoms with Crippen molar-refractivity contribution in [3.63, 3.8) is 0 Å². The molecule has 2 rings (SSSR count). The molecule has 0 aliphatic carbocycles. The topological polar surface area (TPSA) is 56.5 Å². The van der Waals surface area contributed by atoms with Crippen molar-refractivity contribution in [3.8, 4) is 0 Å². The van der Waals surface area contributed by atoms with Gasteiger partial charge in [-0.05, 0) is 6.92 Å². The normalized spacial score (nSPS) is 11.8. The molecule has 0 radical (unpaired) electrons. The van der Waals surface area contributed by atoms with Crippen molar-refractivity contribution in [1.29, 1.82) is 0 Å². The van der Waals surface area contributed by atoms with Crippen LogP contribution in [0.25, 0.3) is 5.65 Å². The second-order valence-electron chi connectivity index (χ2n) is 3.37. The zero-order valence-electron chi connectivity index (χ0n) is 9.23. The average molecular weight is 259 g/mol. The molecule has 96 valence electrons. The highest BCUT2D eigenvalue weighted by Gasteiger charge is 2.36. The van der Waals surface area contributed by atoms with Crippen molar-refractivity contribution in [2.45, 2.75) is 13.1 Å². The van der Waals surface area contributed by atoms with Gasteiger partial charge in [0.25, 0.3) is 0 Å². The van der Waals surface area contributed by atoms with Crippen LogP contribution in [0.4, 0.5) is 13.2 Å². The lowest BCUT2D eigenvalue weighted by atomic mass is 10.3. The van der Waals surface area contributed by atoms with Crippen molar-refractivity contribution >= 4 is 11.6 Å². The predicted molar refractivity (Wildman–Crippen MR) is 53.9 cm³/mol. The maximum atomic E-state index is 12.6. The fourth-order valence-electron chi connectivity index (χ4n) is 1.41. The molecule has 0 fully saturated rings. The van der Waals surface area contributed by atoms with Crippen LogP contribution < -0.4 is 0 Å². The van der Waals surface area contributed by atoms with Gasteiger partial charge in [0.1, 0.15) is 0 Å². The number of rotatable bonds is 2. The summed E-state index contributed by atoms with van der Waals surface area (Å²) >= 11 is 0. The van der Waals surface area contributed by atoms with Crippen LogP contribution in [0.1, 0.15) is 23.1 Å². The van der Waals surface area contributed by atoms with Gasteiger partial charge in [0.2, 0.25) is 5.82 Å². The molecule has 2 aromatic rings. The number of carbonyl (C=O) groups excluding carboxylic acids is 1. The minimum absolute atomic E-state index is 0.00961. The summed E-state index contributed by atoms with van der Waals surface area (Å²) in [4.78, 5) is 18.3. The number of fused-ring (bicyclic) bond motifs is 1. The lowest BCUT2D eigenvalue weighted by Gasteiger charge is -2.06. The molecule has 2 heterocycles. The Morgan fingerprint density at radius 2 is 2.11 bits per heavy atom. The second-order valence-corrected chi connectivity index (χ2v) is 3.37. The minimum Gasteiger partial charge on any atom is -0.462 e. The van der Waals surface area contributed by atoms with Crippen LogP contribution in [0.15, 0.2) is 18.6 Å². The van der Waals surface area contributed by atoms with Gasteiger partial charge < -0.3 is 4.74 Å². The Labute approximate surface area is 99.2 Å². The van der Waals surface area contributed by atoms with E-state index < -0.39 is 18.0 Å². The molecule has 0 spiro atoms. The highest BCUT2D eigenvalue weighted by Crippen LogP contribution is 2.28. The fourth-order valence-corrected chi connectivity index (χ4v) is 1.41. The van der Waals surface area contributed by atoms with E-state index in [2.05, 4.69) is 14.7 Å². The number of halogens is 3. The van der Waals surface area contributed by atoms with Gasteiger partial charge >= 0.3 is 12.1 Å². The summed E-state index contributed by atoms with van der Waals surface area (Å²) in [7, 11) is 0. The lowest BCUT2D eigenvalue weighted by molar-refractivity contribution is -0.145. The number of ether oxygens (including phenoxy) is 1. The summed E-state index contributed by atoms with van der Waals surface area (Å²) in [6.45, 7) is 1.73. The van der Waals surface area contributed by atoms with Gasteiger partial charge in [-0.15, -0.1) is 0 Å². The van der Waals surface area contributed by atoms with Gasteiger partial charge in [0, 0.05) is 12.4 Å². The number of imidazole rings is 1. The Kier molecular flexibility index (Phi) is 2.93. The van der Waals surface area contributed by atoms with Crippen molar-refractivity contribution in [3.05, 3.63) is 30.0 Å². The van der Waals surface area contributed by atoms with Crippen LogP contribution in [-0.2, 0) is 10.9 Å². The van der Waals surface area contributed by atoms with Crippen LogP contribution in [-0.4, -0.2) is 26.9 Å². The minimum atomic E-state index is -4.61. The summed E-state index contributed by atoms with van der Waals surface area (Å²) in [6, 6.07) is 0. The number of hydrogen-bond donors (Lipinski definition) is 0. The van der Waals surface area contributed by atoms with Crippen LogP contribution in [0.2, 0.25) is 0 Å². The Hall–Kier alpha value is -2.12. The smallest absolute Gasteiger partial charge is 0.450 e. The first-order valence-electron chi connectivity index (χ1n) is 5.01. The number of carbonyl (C=O) groups is 1. The van der Waals surface area contributed by atoms with E-state index in [1.54, 1.807) is 6.92 Å². The summed E-state index contributed by atoms with van der Waals surface area (Å²) in [5.41, 5.74) is -0.0526. The van der Waals surface area contributed by atoms with Crippen molar-refractivity contribution < 1.29 is 22.7 Å². The third kappa shape index (κ3) is 2.13. The molecule has 0 N–H and O–H groups in total. The molecule has 2 aromatic heterocycles. The first kappa shape index (κ1) is 12.3. The zero-order valence-corrected chi connectivity index (χ0v) is 9.23. The molecule has 0 atom stereocenters. The van der Waals surface area contributed by atoms with Crippen LogP contribution in [0.5, 0.6) is 0 Å². The highest BCUT2D eigenvalue weighted by molar-refractivity contribution is 5.88. The molecule has 0 unspecified atom stereocenters. The summed E-state index contributed by atoms with van der Waals surface area (Å²) in [5.74, 6) is -1.86. The van der Waals surface area contributed by atoms with Gasteiger partial charge in [-0.3, -0.25) is 4.40 Å². The zero-order chi connectivity index (χ0) is 13.3. The average Bonchev–Trinajstić information content (AvgIpc) is 2.71. The monoisotopic (exact) mass is 259 g/mol. The molecule has 0 bridgehead atoms. The van der Waals surface area contributed by atoms with E-state index in [-0.39, 0.29) is 17.8 Å². The van der Waals surface area contributed by atoms with E-state index in [1.165, 1.54) is 0 Å². The third-order valence-corrected chi connectivity index (χ3v) is 2.15. The maximum Gasteiger partial charge on any atom is 0.450 e. The third-order valence-electron chi connectivity index (χ3n) is 2.15. The molecule has 0 aliphatic rings. The van der Waals surface area contributed by atoms with Crippen molar-refractivity contribution in [2.24, 2.45) is 0 Å². The number of alkyl halides is 3. The molecule has 0 aliphatic heterocycles. The maximum absolute atomic E-state index is 12.6. The molecule has 0 saturated heterocycles. The van der Waals surface area contributed by atoms with Crippen molar-refractivity contribution in [2.75, 3.05) is 6.61 Å². The van der Waals surface area contributed by atoms with E-state index in [0.717, 1.165) is 18.6 Å². The second kappa shape index (κ2) is 4.28. The largest absolute Gasteiger partial charge is 0.462 e.